The number of ether oxygens (including phenoxy) is 2. The molecule has 1 aromatic carbocycles. The van der Waals surface area contributed by atoms with E-state index in [-0.39, 0.29) is 0 Å². The lowest BCUT2D eigenvalue weighted by molar-refractivity contribution is -0.870. The maximum absolute atomic E-state index is 5.89. The second-order valence-electron chi connectivity index (χ2n) is 8.14. The van der Waals surface area contributed by atoms with E-state index < -0.39 is 0 Å². The van der Waals surface area contributed by atoms with E-state index in [2.05, 4.69) is 74.1 Å². The van der Waals surface area contributed by atoms with Gasteiger partial charge in [-0.1, -0.05) is 0 Å². The quantitative estimate of drug-likeness (QED) is 0.380. The van der Waals surface area contributed by atoms with E-state index in [9.17, 15) is 0 Å². The molecule has 0 fully saturated rings. The second-order valence-corrected chi connectivity index (χ2v) is 9.85. The van der Waals surface area contributed by atoms with Crippen LogP contribution in [0, 0.1) is 0 Å². The summed E-state index contributed by atoms with van der Waals surface area (Å²) in [6.45, 7) is 3.60. The van der Waals surface area contributed by atoms with Crippen LogP contribution in [0.25, 0.3) is 0 Å². The Morgan fingerprint density at radius 1 is 0.708 bits per heavy atom. The zero-order valence-electron chi connectivity index (χ0n) is 15.9. The molecule has 0 heterocycles. The van der Waals surface area contributed by atoms with Gasteiger partial charge in [-0.3, -0.25) is 0 Å². The zero-order chi connectivity index (χ0) is 18.4. The Kier molecular flexibility index (Phi) is 8.53. The first kappa shape index (κ1) is 21.7. The van der Waals surface area contributed by atoms with Crippen LogP contribution in [0.5, 0.6) is 11.5 Å². The van der Waals surface area contributed by atoms with Crippen LogP contribution in [0.1, 0.15) is 12.8 Å². The summed E-state index contributed by atoms with van der Waals surface area (Å²) in [6.07, 6.45) is 2.05. The monoisotopic (exact) mass is 466 g/mol. The zero-order valence-corrected chi connectivity index (χ0v) is 19.0. The smallest absolute Gasteiger partial charge is 0.134 e. The molecule has 0 saturated heterocycles. The van der Waals surface area contributed by atoms with Crippen LogP contribution < -0.4 is 9.47 Å². The first-order chi connectivity index (χ1) is 11.0. The average Bonchev–Trinajstić information content (AvgIpc) is 2.41. The highest BCUT2D eigenvalue weighted by atomic mass is 79.9. The lowest BCUT2D eigenvalue weighted by Crippen LogP contribution is -2.36. The minimum absolute atomic E-state index is 0.713. The summed E-state index contributed by atoms with van der Waals surface area (Å²) < 4.78 is 15.5. The molecule has 0 N–H and O–H groups in total. The molecule has 6 heteroatoms. The first-order valence-electron chi connectivity index (χ1n) is 8.33. The molecular formula is C18H32Br2N2O2+2. The number of rotatable bonds is 10. The molecule has 0 aliphatic carbocycles. The minimum Gasteiger partial charge on any atom is -0.492 e. The largest absolute Gasteiger partial charge is 0.492 e. The van der Waals surface area contributed by atoms with Crippen LogP contribution in [-0.2, 0) is 0 Å². The van der Waals surface area contributed by atoms with Gasteiger partial charge >= 0.3 is 0 Å². The van der Waals surface area contributed by atoms with E-state index in [0.717, 1.165) is 55.3 Å². The lowest BCUT2D eigenvalue weighted by Gasteiger charge is -2.24. The molecule has 0 radical (unpaired) electrons. The summed E-state index contributed by atoms with van der Waals surface area (Å²) in [4.78, 5) is 0. The number of hydrogen-bond acceptors (Lipinski definition) is 2. The average molecular weight is 468 g/mol. The normalized spacial score (nSPS) is 12.3. The van der Waals surface area contributed by atoms with Crippen molar-refractivity contribution in [3.63, 3.8) is 0 Å². The summed E-state index contributed by atoms with van der Waals surface area (Å²) in [5.41, 5.74) is 0. The van der Waals surface area contributed by atoms with Crippen LogP contribution in [0.2, 0.25) is 0 Å². The Balaban J connectivity index is 2.50. The second kappa shape index (κ2) is 9.41. The van der Waals surface area contributed by atoms with E-state index in [4.69, 9.17) is 9.47 Å². The highest BCUT2D eigenvalue weighted by Crippen LogP contribution is 2.36. The van der Waals surface area contributed by atoms with Gasteiger partial charge in [-0.05, 0) is 44.0 Å². The standard InChI is InChI=1S/C18H32Br2N2O2/c1-21(2,3)9-7-11-23-17-13-16(20)18(14-15(17)19)24-12-8-10-22(4,5)6/h13-14H,7-12H2,1-6H3/q+2. The van der Waals surface area contributed by atoms with Crippen LogP contribution in [0.4, 0.5) is 0 Å². The van der Waals surface area contributed by atoms with Gasteiger partial charge in [0.25, 0.3) is 0 Å². The van der Waals surface area contributed by atoms with Gasteiger partial charge in [-0.15, -0.1) is 0 Å². The lowest BCUT2D eigenvalue weighted by atomic mass is 10.3. The Bertz CT molecular complexity index is 475. The molecule has 0 aromatic heterocycles. The van der Waals surface area contributed by atoms with Gasteiger partial charge in [-0.25, -0.2) is 0 Å². The molecule has 0 aliphatic heterocycles. The van der Waals surface area contributed by atoms with Gasteiger partial charge in [0.2, 0.25) is 0 Å². The van der Waals surface area contributed by atoms with Crippen molar-refractivity contribution in [2.75, 3.05) is 68.6 Å². The van der Waals surface area contributed by atoms with Crippen molar-refractivity contribution < 1.29 is 18.4 Å². The molecule has 1 rings (SSSR count). The maximum atomic E-state index is 5.89. The van der Waals surface area contributed by atoms with Gasteiger partial charge in [0.05, 0.1) is 77.5 Å². The van der Waals surface area contributed by atoms with Gasteiger partial charge < -0.3 is 18.4 Å². The van der Waals surface area contributed by atoms with Crippen molar-refractivity contribution in [3.05, 3.63) is 21.1 Å². The van der Waals surface area contributed by atoms with E-state index in [0.29, 0.717) is 13.2 Å². The van der Waals surface area contributed by atoms with Crippen molar-refractivity contribution in [3.8, 4) is 11.5 Å². The van der Waals surface area contributed by atoms with Crippen molar-refractivity contribution in [1.29, 1.82) is 0 Å². The van der Waals surface area contributed by atoms with Crippen LogP contribution in [0.15, 0.2) is 21.1 Å². The molecule has 0 unspecified atom stereocenters. The molecule has 0 aliphatic rings. The van der Waals surface area contributed by atoms with Crippen molar-refractivity contribution >= 4 is 31.9 Å². The fourth-order valence-electron chi connectivity index (χ4n) is 2.17. The summed E-state index contributed by atoms with van der Waals surface area (Å²) in [5.74, 6) is 1.70. The molecule has 0 amide bonds. The Morgan fingerprint density at radius 3 is 1.33 bits per heavy atom. The fraction of sp³-hybridized carbons (Fsp3) is 0.667. The molecule has 0 saturated carbocycles. The van der Waals surface area contributed by atoms with Gasteiger partial charge in [0.1, 0.15) is 11.5 Å². The van der Waals surface area contributed by atoms with Gasteiger partial charge in [-0.2, -0.15) is 0 Å². The van der Waals surface area contributed by atoms with Crippen molar-refractivity contribution in [1.82, 2.24) is 0 Å². The number of hydrogen-bond donors (Lipinski definition) is 0. The van der Waals surface area contributed by atoms with Crippen molar-refractivity contribution in [2.24, 2.45) is 0 Å². The number of nitrogens with zero attached hydrogens (tertiary/aromatic N) is 2. The van der Waals surface area contributed by atoms with Crippen molar-refractivity contribution in [2.45, 2.75) is 12.8 Å². The van der Waals surface area contributed by atoms with Crippen LogP contribution in [-0.4, -0.2) is 77.6 Å². The third-order valence-corrected chi connectivity index (χ3v) is 4.69. The molecule has 24 heavy (non-hydrogen) atoms. The van der Waals surface area contributed by atoms with Crippen LogP contribution in [0.3, 0.4) is 0 Å². The predicted octanol–water partition coefficient (Wildman–Crippen LogP) is 4.16. The summed E-state index contributed by atoms with van der Waals surface area (Å²) in [5, 5.41) is 0. The summed E-state index contributed by atoms with van der Waals surface area (Å²) in [6, 6.07) is 3.95. The van der Waals surface area contributed by atoms with Gasteiger partial charge in [0.15, 0.2) is 0 Å². The van der Waals surface area contributed by atoms with E-state index in [1.807, 2.05) is 12.1 Å². The third kappa shape index (κ3) is 9.25. The number of benzene rings is 1. The molecule has 1 aromatic rings. The SMILES string of the molecule is C[N+](C)(C)CCCOc1cc(Br)c(OCCC[N+](C)(C)C)cc1Br. The maximum Gasteiger partial charge on any atom is 0.134 e. The number of halogens is 2. The first-order valence-corrected chi connectivity index (χ1v) is 9.92. The molecule has 0 spiro atoms. The molecule has 138 valence electrons. The predicted molar refractivity (Wildman–Crippen MR) is 108 cm³/mol. The third-order valence-electron chi connectivity index (χ3n) is 3.45. The molecule has 0 bridgehead atoms. The van der Waals surface area contributed by atoms with E-state index in [1.165, 1.54) is 0 Å². The van der Waals surface area contributed by atoms with Crippen LogP contribution >= 0.6 is 31.9 Å². The molecule has 4 nitrogen and oxygen atoms in total. The highest BCUT2D eigenvalue weighted by Gasteiger charge is 2.12. The fourth-order valence-corrected chi connectivity index (χ4v) is 3.05. The Hall–Kier alpha value is -0.300. The highest BCUT2D eigenvalue weighted by molar-refractivity contribution is 9.11. The van der Waals surface area contributed by atoms with E-state index in [1.54, 1.807) is 0 Å². The molecule has 0 atom stereocenters. The minimum atomic E-state index is 0.713. The summed E-state index contributed by atoms with van der Waals surface area (Å²) >= 11 is 7.16. The topological polar surface area (TPSA) is 18.5 Å². The van der Waals surface area contributed by atoms with E-state index >= 15 is 0 Å². The Morgan fingerprint density at radius 2 is 1.04 bits per heavy atom. The molecular weight excluding hydrogens is 436 g/mol. The Labute approximate surface area is 164 Å². The number of quaternary nitrogens is 2. The summed E-state index contributed by atoms with van der Waals surface area (Å²) in [7, 11) is 13.1. The van der Waals surface area contributed by atoms with Gasteiger partial charge in [0, 0.05) is 12.8 Å².